The summed E-state index contributed by atoms with van der Waals surface area (Å²) < 4.78 is 1.83. The Kier molecular flexibility index (Phi) is 6.18. The normalized spacial score (nSPS) is 35.1. The van der Waals surface area contributed by atoms with Gasteiger partial charge in [-0.1, -0.05) is 0 Å². The van der Waals surface area contributed by atoms with Crippen molar-refractivity contribution in [3.8, 4) is 0 Å². The van der Waals surface area contributed by atoms with Gasteiger partial charge in [-0.3, -0.25) is 0 Å². The van der Waals surface area contributed by atoms with Crippen LogP contribution in [0.3, 0.4) is 0 Å². The second-order valence-corrected chi connectivity index (χ2v) is 10.8. The average Bonchev–Trinajstić information content (AvgIpc) is 1.59. The summed E-state index contributed by atoms with van der Waals surface area (Å²) in [5.41, 5.74) is 0. The van der Waals surface area contributed by atoms with Crippen LogP contribution in [-0.4, -0.2) is 29.9 Å². The summed E-state index contributed by atoms with van der Waals surface area (Å²) in [5, 5.41) is 0. The monoisotopic (exact) mass is 264 g/mol. The van der Waals surface area contributed by atoms with E-state index < -0.39 is 0 Å². The fourth-order valence-electron chi connectivity index (χ4n) is 1.16. The van der Waals surface area contributed by atoms with Gasteiger partial charge in [-0.15, -0.1) is 0 Å². The predicted octanol–water partition coefficient (Wildman–Crippen LogP) is -1.07. The molecule has 54 valence electrons. The fraction of sp³-hybridized carbons (Fsp3) is 0.857. The molecule has 1 fully saturated rings. The molecule has 0 aliphatic carbocycles. The van der Waals surface area contributed by atoms with Crippen LogP contribution in [0.25, 0.3) is 0 Å². The average molecular weight is 262 g/mol. The number of rotatable bonds is 0. The first kappa shape index (κ1) is 11.6. The van der Waals surface area contributed by atoms with Crippen LogP contribution in [0, 0.1) is 3.71 Å². The van der Waals surface area contributed by atoms with Crippen molar-refractivity contribution in [2.24, 2.45) is 0 Å². The molecule has 0 saturated carbocycles. The van der Waals surface area contributed by atoms with Crippen molar-refractivity contribution in [2.45, 2.75) is 36.8 Å². The summed E-state index contributed by atoms with van der Waals surface area (Å²) in [6.07, 6.45) is 1.50. The summed E-state index contributed by atoms with van der Waals surface area (Å²) in [4.78, 5) is 2.06. The molecule has 1 saturated heterocycles. The molecule has 10 heavy (non-hydrogen) atoms. The summed E-state index contributed by atoms with van der Waals surface area (Å²) in [7, 11) is 0. The minimum atomic E-state index is 0. The quantitative estimate of drug-likeness (QED) is 0.385. The standard InChI is InChI=1S/C7H13Se2.Li/c1-5-4-6(2)9-7(3)8-5;/h5-6H,4H2,1-3H3;/q-1;+1/t5-,6+;. The van der Waals surface area contributed by atoms with Crippen molar-refractivity contribution in [2.75, 3.05) is 0 Å². The third-order valence-corrected chi connectivity index (χ3v) is 7.38. The van der Waals surface area contributed by atoms with E-state index in [1.54, 1.807) is 0 Å². The number of hydrogen-bond acceptors (Lipinski definition) is 0. The molecule has 0 unspecified atom stereocenters. The van der Waals surface area contributed by atoms with Gasteiger partial charge < -0.3 is 0 Å². The maximum absolute atomic E-state index is 2.40. The summed E-state index contributed by atoms with van der Waals surface area (Å²) in [6.45, 7) is 7.15. The second-order valence-electron chi connectivity index (χ2n) is 2.58. The van der Waals surface area contributed by atoms with E-state index in [0.29, 0.717) is 0 Å². The molecular formula is C7H13LiSe2. The molecule has 1 rings (SSSR count). The largest absolute Gasteiger partial charge is 1.00 e. The van der Waals surface area contributed by atoms with Gasteiger partial charge in [0.2, 0.25) is 0 Å². The van der Waals surface area contributed by atoms with Crippen LogP contribution in [0.5, 0.6) is 0 Å². The van der Waals surface area contributed by atoms with Crippen molar-refractivity contribution in [1.82, 2.24) is 0 Å². The van der Waals surface area contributed by atoms with E-state index in [2.05, 4.69) is 20.8 Å². The Morgan fingerprint density at radius 2 is 1.60 bits per heavy atom. The van der Waals surface area contributed by atoms with Crippen molar-refractivity contribution in [3.63, 3.8) is 0 Å². The molecule has 0 bridgehead atoms. The zero-order chi connectivity index (χ0) is 6.85. The smallest absolute Gasteiger partial charge is 1.00 e. The van der Waals surface area contributed by atoms with E-state index in [1.807, 2.05) is 3.71 Å². The van der Waals surface area contributed by atoms with Gasteiger partial charge in [0.25, 0.3) is 0 Å². The van der Waals surface area contributed by atoms with Crippen LogP contribution < -0.4 is 18.9 Å². The Balaban J connectivity index is 0.000000810. The first-order valence-electron chi connectivity index (χ1n) is 3.35. The van der Waals surface area contributed by atoms with Crippen molar-refractivity contribution < 1.29 is 18.9 Å². The Bertz CT molecular complexity index is 72.6. The van der Waals surface area contributed by atoms with Crippen LogP contribution in [0.1, 0.15) is 27.2 Å². The molecule has 0 spiro atoms. The van der Waals surface area contributed by atoms with E-state index in [-0.39, 0.29) is 18.9 Å². The van der Waals surface area contributed by atoms with E-state index in [0.717, 1.165) is 39.5 Å². The molecule has 0 N–H and O–H groups in total. The van der Waals surface area contributed by atoms with E-state index in [9.17, 15) is 0 Å². The van der Waals surface area contributed by atoms with Gasteiger partial charge in [0.1, 0.15) is 0 Å². The zero-order valence-corrected chi connectivity index (χ0v) is 10.6. The minimum Gasteiger partial charge on any atom is 1.00 e. The third kappa shape index (κ3) is 3.87. The van der Waals surface area contributed by atoms with Crippen LogP contribution in [0.15, 0.2) is 0 Å². The first-order valence-corrected chi connectivity index (χ1v) is 7.04. The molecule has 0 radical (unpaired) electrons. The molecule has 0 aromatic rings. The van der Waals surface area contributed by atoms with Crippen molar-refractivity contribution in [1.29, 1.82) is 0 Å². The van der Waals surface area contributed by atoms with Gasteiger partial charge in [0.05, 0.1) is 0 Å². The molecule has 1 aliphatic heterocycles. The van der Waals surface area contributed by atoms with Crippen molar-refractivity contribution in [3.05, 3.63) is 3.71 Å². The van der Waals surface area contributed by atoms with E-state index >= 15 is 0 Å². The summed E-state index contributed by atoms with van der Waals surface area (Å²) in [6, 6.07) is 0. The van der Waals surface area contributed by atoms with Gasteiger partial charge in [0.15, 0.2) is 0 Å². The Morgan fingerprint density at radius 1 is 1.20 bits per heavy atom. The molecule has 0 amide bonds. The summed E-state index contributed by atoms with van der Waals surface area (Å²) in [5.74, 6) is 0. The molecule has 1 aliphatic rings. The minimum absolute atomic E-state index is 0. The van der Waals surface area contributed by atoms with Crippen LogP contribution in [0.4, 0.5) is 0 Å². The van der Waals surface area contributed by atoms with Crippen LogP contribution in [0.2, 0.25) is 9.63 Å². The van der Waals surface area contributed by atoms with Crippen LogP contribution in [-0.2, 0) is 0 Å². The van der Waals surface area contributed by atoms with Gasteiger partial charge >= 0.3 is 89.3 Å². The molecule has 3 heteroatoms. The Morgan fingerprint density at radius 3 is 1.90 bits per heavy atom. The SMILES string of the molecule is C[C-]1[Se][C@H](C)C[C@H](C)[Se]1.[Li+]. The first-order chi connectivity index (χ1) is 4.18. The topological polar surface area (TPSA) is 0 Å². The summed E-state index contributed by atoms with van der Waals surface area (Å²) >= 11 is 1.79. The molecule has 0 aromatic heterocycles. The molecule has 0 aromatic carbocycles. The molecular weight excluding hydrogens is 249 g/mol. The van der Waals surface area contributed by atoms with Gasteiger partial charge in [-0.05, 0) is 0 Å². The molecule has 2 atom stereocenters. The molecule has 0 nitrogen and oxygen atoms in total. The molecule has 1 heterocycles. The van der Waals surface area contributed by atoms with Crippen LogP contribution >= 0.6 is 0 Å². The maximum Gasteiger partial charge on any atom is 1.00 e. The predicted molar refractivity (Wildman–Crippen MR) is 43.9 cm³/mol. The maximum atomic E-state index is 2.40. The fourth-order valence-corrected chi connectivity index (χ4v) is 10.1. The zero-order valence-electron chi connectivity index (χ0n) is 7.18. The third-order valence-electron chi connectivity index (χ3n) is 1.40. The van der Waals surface area contributed by atoms with Gasteiger partial charge in [-0.2, -0.15) is 0 Å². The van der Waals surface area contributed by atoms with E-state index in [1.165, 1.54) is 6.42 Å². The van der Waals surface area contributed by atoms with Gasteiger partial charge in [0, 0.05) is 0 Å². The Labute approximate surface area is 88.8 Å². The second kappa shape index (κ2) is 5.31. The Hall–Kier alpha value is 1.64. The van der Waals surface area contributed by atoms with E-state index in [4.69, 9.17) is 0 Å². The van der Waals surface area contributed by atoms with Crippen molar-refractivity contribution >= 4 is 29.9 Å². The van der Waals surface area contributed by atoms with Gasteiger partial charge in [-0.25, -0.2) is 0 Å². The number of hydrogen-bond donors (Lipinski definition) is 0.